The summed E-state index contributed by atoms with van der Waals surface area (Å²) in [5.74, 6) is -0.481. The molecule has 0 saturated heterocycles. The van der Waals surface area contributed by atoms with Gasteiger partial charge in [0.15, 0.2) is 0 Å². The van der Waals surface area contributed by atoms with Gasteiger partial charge in [0.05, 0.1) is 5.71 Å². The minimum atomic E-state index is -0.515. The molecule has 0 radical (unpaired) electrons. The first-order chi connectivity index (χ1) is 5.49. The van der Waals surface area contributed by atoms with Gasteiger partial charge in [-0.1, -0.05) is 11.7 Å². The molecule has 0 aromatic heterocycles. The van der Waals surface area contributed by atoms with E-state index in [1.54, 1.807) is 20.8 Å². The van der Waals surface area contributed by atoms with Crippen molar-refractivity contribution in [1.82, 2.24) is 0 Å². The maximum atomic E-state index is 10.9. The molecular weight excluding hydrogens is 158 g/mol. The van der Waals surface area contributed by atoms with Crippen LogP contribution in [-0.4, -0.2) is 23.0 Å². The molecule has 0 rings (SSSR count). The molecule has 12 heavy (non-hydrogen) atoms. The minimum absolute atomic E-state index is 0.326. The number of oxime groups is 1. The maximum Gasteiger partial charge on any atom is 0.333 e. The van der Waals surface area contributed by atoms with Crippen LogP contribution in [0.1, 0.15) is 20.8 Å². The second kappa shape index (κ2) is 4.54. The number of hydrogen-bond acceptors (Lipinski definition) is 4. The highest BCUT2D eigenvalue weighted by Gasteiger charge is 2.12. The largest absolute Gasteiger partial charge is 0.453 e. The van der Waals surface area contributed by atoms with E-state index in [4.69, 9.17) is 9.94 Å². The van der Waals surface area contributed by atoms with Gasteiger partial charge in [-0.15, -0.1) is 0 Å². The van der Waals surface area contributed by atoms with Crippen LogP contribution >= 0.6 is 0 Å². The number of rotatable bonds is 3. The Morgan fingerprint density at radius 2 is 2.08 bits per heavy atom. The standard InChI is InChI=1S/C8H13NO3/c1-5(2)8(10)12-7(4)6(3)9-11/h7,11H,1H2,2-4H3. The summed E-state index contributed by atoms with van der Waals surface area (Å²) in [4.78, 5) is 10.9. The molecular formula is C8H13NO3. The maximum absolute atomic E-state index is 10.9. The summed E-state index contributed by atoms with van der Waals surface area (Å²) in [6.45, 7) is 8.16. The van der Waals surface area contributed by atoms with Crippen LogP contribution in [0.25, 0.3) is 0 Å². The van der Waals surface area contributed by atoms with Crippen molar-refractivity contribution in [2.45, 2.75) is 26.9 Å². The fraction of sp³-hybridized carbons (Fsp3) is 0.500. The van der Waals surface area contributed by atoms with Gasteiger partial charge in [-0.25, -0.2) is 4.79 Å². The van der Waals surface area contributed by atoms with Crippen molar-refractivity contribution < 1.29 is 14.7 Å². The zero-order valence-corrected chi connectivity index (χ0v) is 7.50. The third kappa shape index (κ3) is 3.18. The van der Waals surface area contributed by atoms with Crippen LogP contribution in [0.3, 0.4) is 0 Å². The van der Waals surface area contributed by atoms with Gasteiger partial charge in [0.25, 0.3) is 0 Å². The molecule has 0 spiro atoms. The third-order valence-electron chi connectivity index (χ3n) is 1.38. The van der Waals surface area contributed by atoms with Crippen LogP contribution in [0.15, 0.2) is 17.3 Å². The molecule has 0 bridgehead atoms. The van der Waals surface area contributed by atoms with Crippen molar-refractivity contribution >= 4 is 11.7 Å². The van der Waals surface area contributed by atoms with Gasteiger partial charge < -0.3 is 9.94 Å². The van der Waals surface area contributed by atoms with E-state index in [0.29, 0.717) is 11.3 Å². The second-order valence-corrected chi connectivity index (χ2v) is 2.57. The lowest BCUT2D eigenvalue weighted by atomic mass is 10.2. The minimum Gasteiger partial charge on any atom is -0.453 e. The quantitative estimate of drug-likeness (QED) is 0.229. The molecule has 0 aromatic rings. The van der Waals surface area contributed by atoms with Gasteiger partial charge in [-0.05, 0) is 20.8 Å². The Bertz CT molecular complexity index is 220. The Morgan fingerprint density at radius 1 is 1.58 bits per heavy atom. The van der Waals surface area contributed by atoms with Gasteiger partial charge in [0, 0.05) is 5.57 Å². The van der Waals surface area contributed by atoms with E-state index in [-0.39, 0.29) is 0 Å². The van der Waals surface area contributed by atoms with Gasteiger partial charge in [0.2, 0.25) is 0 Å². The fourth-order valence-electron chi connectivity index (χ4n) is 0.428. The summed E-state index contributed by atoms with van der Waals surface area (Å²) in [5.41, 5.74) is 0.678. The highest BCUT2D eigenvalue weighted by Crippen LogP contribution is 1.99. The average Bonchev–Trinajstić information content (AvgIpc) is 2.02. The van der Waals surface area contributed by atoms with Crippen molar-refractivity contribution in [1.29, 1.82) is 0 Å². The van der Waals surface area contributed by atoms with E-state index in [1.807, 2.05) is 0 Å². The molecule has 68 valence electrons. The Labute approximate surface area is 71.5 Å². The summed E-state index contributed by atoms with van der Waals surface area (Å²) < 4.78 is 4.84. The van der Waals surface area contributed by atoms with E-state index < -0.39 is 12.1 Å². The van der Waals surface area contributed by atoms with E-state index in [9.17, 15) is 4.79 Å². The Balaban J connectivity index is 4.10. The average molecular weight is 171 g/mol. The van der Waals surface area contributed by atoms with E-state index in [0.717, 1.165) is 0 Å². The van der Waals surface area contributed by atoms with E-state index in [2.05, 4.69) is 11.7 Å². The normalized spacial score (nSPS) is 13.8. The van der Waals surface area contributed by atoms with Crippen molar-refractivity contribution in [3.63, 3.8) is 0 Å². The summed E-state index contributed by atoms with van der Waals surface area (Å²) in [5, 5.41) is 11.2. The molecule has 0 aliphatic heterocycles. The SMILES string of the molecule is C=C(C)C(=O)OC(C)C(C)=NO. The van der Waals surface area contributed by atoms with Crippen LogP contribution in [0.2, 0.25) is 0 Å². The molecule has 0 fully saturated rings. The number of esters is 1. The first-order valence-corrected chi connectivity index (χ1v) is 3.54. The summed E-state index contributed by atoms with van der Waals surface area (Å²) >= 11 is 0. The number of nitrogens with zero attached hydrogens (tertiary/aromatic N) is 1. The molecule has 1 unspecified atom stereocenters. The third-order valence-corrected chi connectivity index (χ3v) is 1.38. The first-order valence-electron chi connectivity index (χ1n) is 3.54. The van der Waals surface area contributed by atoms with Crippen LogP contribution in [0.4, 0.5) is 0 Å². The fourth-order valence-corrected chi connectivity index (χ4v) is 0.428. The molecule has 1 N–H and O–H groups in total. The monoisotopic (exact) mass is 171 g/mol. The lowest BCUT2D eigenvalue weighted by Gasteiger charge is -2.10. The molecule has 4 heteroatoms. The Kier molecular flexibility index (Phi) is 4.04. The predicted molar refractivity (Wildman–Crippen MR) is 45.3 cm³/mol. The number of ether oxygens (including phenoxy) is 1. The zero-order chi connectivity index (χ0) is 9.72. The lowest BCUT2D eigenvalue weighted by molar-refractivity contribution is -0.140. The second-order valence-electron chi connectivity index (χ2n) is 2.57. The summed E-state index contributed by atoms with van der Waals surface area (Å²) in [7, 11) is 0. The van der Waals surface area contributed by atoms with Gasteiger partial charge in [-0.3, -0.25) is 0 Å². The summed E-state index contributed by atoms with van der Waals surface area (Å²) in [6, 6.07) is 0. The first kappa shape index (κ1) is 10.7. The predicted octanol–water partition coefficient (Wildman–Crippen LogP) is 1.34. The van der Waals surface area contributed by atoms with Crippen LogP contribution < -0.4 is 0 Å². The number of carbonyl (C=O) groups excluding carboxylic acids is 1. The highest BCUT2D eigenvalue weighted by molar-refractivity contribution is 5.92. The molecule has 0 aliphatic carbocycles. The lowest BCUT2D eigenvalue weighted by Crippen LogP contribution is -2.22. The van der Waals surface area contributed by atoms with Crippen LogP contribution in [0.5, 0.6) is 0 Å². The van der Waals surface area contributed by atoms with Crippen LogP contribution in [0, 0.1) is 0 Å². The van der Waals surface area contributed by atoms with E-state index >= 15 is 0 Å². The van der Waals surface area contributed by atoms with Gasteiger partial charge >= 0.3 is 5.97 Å². The topological polar surface area (TPSA) is 58.9 Å². The summed E-state index contributed by atoms with van der Waals surface area (Å²) in [6.07, 6.45) is -0.515. The number of carbonyl (C=O) groups is 1. The van der Waals surface area contributed by atoms with Gasteiger partial charge in [0.1, 0.15) is 6.10 Å². The smallest absolute Gasteiger partial charge is 0.333 e. The Morgan fingerprint density at radius 3 is 2.42 bits per heavy atom. The molecule has 0 aliphatic rings. The van der Waals surface area contributed by atoms with Crippen molar-refractivity contribution in [2.75, 3.05) is 0 Å². The Hall–Kier alpha value is -1.32. The molecule has 0 amide bonds. The molecule has 0 saturated carbocycles. The molecule has 0 heterocycles. The zero-order valence-electron chi connectivity index (χ0n) is 7.50. The van der Waals surface area contributed by atoms with E-state index in [1.165, 1.54) is 0 Å². The van der Waals surface area contributed by atoms with Crippen molar-refractivity contribution in [3.05, 3.63) is 12.2 Å². The van der Waals surface area contributed by atoms with Crippen molar-refractivity contribution in [3.8, 4) is 0 Å². The van der Waals surface area contributed by atoms with Crippen LogP contribution in [-0.2, 0) is 9.53 Å². The van der Waals surface area contributed by atoms with Crippen molar-refractivity contribution in [2.24, 2.45) is 5.16 Å². The molecule has 1 atom stereocenters. The molecule has 0 aromatic carbocycles. The van der Waals surface area contributed by atoms with Gasteiger partial charge in [-0.2, -0.15) is 0 Å². The molecule has 4 nitrogen and oxygen atoms in total. The number of hydrogen-bond donors (Lipinski definition) is 1. The highest BCUT2D eigenvalue weighted by atomic mass is 16.5.